The van der Waals surface area contributed by atoms with E-state index in [2.05, 4.69) is 11.8 Å². The van der Waals surface area contributed by atoms with Gasteiger partial charge in [-0.2, -0.15) is 0 Å². The van der Waals surface area contributed by atoms with Crippen LogP contribution in [0.15, 0.2) is 18.2 Å². The number of rotatable bonds is 10. The Morgan fingerprint density at radius 1 is 1.17 bits per heavy atom. The Bertz CT molecular complexity index is 498. The van der Waals surface area contributed by atoms with Crippen molar-refractivity contribution in [1.82, 2.24) is 4.90 Å². The van der Waals surface area contributed by atoms with Gasteiger partial charge in [-0.1, -0.05) is 44.2 Å². The van der Waals surface area contributed by atoms with Gasteiger partial charge in [-0.25, -0.2) is 0 Å². The van der Waals surface area contributed by atoms with E-state index in [0.717, 1.165) is 30.8 Å². The van der Waals surface area contributed by atoms with Crippen molar-refractivity contribution in [3.8, 4) is 5.75 Å². The third-order valence-corrected chi connectivity index (χ3v) is 4.99. The molecule has 0 aliphatic carbocycles. The summed E-state index contributed by atoms with van der Waals surface area (Å²) >= 11 is 6.18. The number of aliphatic hydroxyl groups is 1. The van der Waals surface area contributed by atoms with Crippen LogP contribution in [0.25, 0.3) is 0 Å². The summed E-state index contributed by atoms with van der Waals surface area (Å²) in [6, 6.07) is 5.58. The largest absolute Gasteiger partial charge is 0.493 e. The molecule has 1 aliphatic heterocycles. The van der Waals surface area contributed by atoms with Crippen molar-refractivity contribution in [3.05, 3.63) is 28.8 Å². The van der Waals surface area contributed by atoms with E-state index in [1.165, 1.54) is 38.5 Å². The SMILES string of the molecule is CCCCCCCOc1ccc(Cl)cc1C(C)(O)CN1CCCC1. The molecule has 3 nitrogen and oxygen atoms in total. The van der Waals surface area contributed by atoms with Gasteiger partial charge in [-0.3, -0.25) is 0 Å². The number of unbranched alkanes of at least 4 members (excludes halogenated alkanes) is 4. The van der Waals surface area contributed by atoms with Crippen LogP contribution in [0.3, 0.4) is 0 Å². The molecule has 0 spiro atoms. The van der Waals surface area contributed by atoms with Crippen LogP contribution in [-0.2, 0) is 5.60 Å². The maximum Gasteiger partial charge on any atom is 0.125 e. The van der Waals surface area contributed by atoms with Gasteiger partial charge < -0.3 is 14.7 Å². The molecule has 1 unspecified atom stereocenters. The van der Waals surface area contributed by atoms with Crippen LogP contribution >= 0.6 is 11.6 Å². The van der Waals surface area contributed by atoms with Crippen LogP contribution in [0.1, 0.15) is 64.4 Å². The van der Waals surface area contributed by atoms with Crippen molar-refractivity contribution in [3.63, 3.8) is 0 Å². The third kappa shape index (κ3) is 5.94. The quantitative estimate of drug-likeness (QED) is 0.601. The van der Waals surface area contributed by atoms with E-state index in [-0.39, 0.29) is 0 Å². The summed E-state index contributed by atoms with van der Waals surface area (Å²) in [5, 5.41) is 11.7. The highest BCUT2D eigenvalue weighted by Crippen LogP contribution is 2.34. The molecular weight excluding hydrogens is 322 g/mol. The van der Waals surface area contributed by atoms with Crippen LogP contribution in [0.2, 0.25) is 5.02 Å². The lowest BCUT2D eigenvalue weighted by Crippen LogP contribution is -2.37. The maximum absolute atomic E-state index is 11.0. The van der Waals surface area contributed by atoms with E-state index in [9.17, 15) is 5.11 Å². The average Bonchev–Trinajstić information content (AvgIpc) is 3.04. The summed E-state index contributed by atoms with van der Waals surface area (Å²) in [5.41, 5.74) is -0.150. The monoisotopic (exact) mass is 353 g/mol. The second-order valence-electron chi connectivity index (χ2n) is 7.16. The van der Waals surface area contributed by atoms with Crippen molar-refractivity contribution in [2.75, 3.05) is 26.2 Å². The van der Waals surface area contributed by atoms with Gasteiger partial charge in [0.25, 0.3) is 0 Å². The summed E-state index contributed by atoms with van der Waals surface area (Å²) in [7, 11) is 0. The van der Waals surface area contributed by atoms with Crippen LogP contribution in [-0.4, -0.2) is 36.2 Å². The first-order valence-electron chi connectivity index (χ1n) is 9.40. The van der Waals surface area contributed by atoms with Gasteiger partial charge in [0.15, 0.2) is 0 Å². The van der Waals surface area contributed by atoms with E-state index in [0.29, 0.717) is 18.2 Å². The predicted molar refractivity (Wildman–Crippen MR) is 101 cm³/mol. The van der Waals surface area contributed by atoms with Gasteiger partial charge in [0.2, 0.25) is 0 Å². The molecule has 1 fully saturated rings. The molecule has 1 saturated heterocycles. The smallest absolute Gasteiger partial charge is 0.125 e. The fourth-order valence-corrected chi connectivity index (χ4v) is 3.57. The molecule has 4 heteroatoms. The molecule has 1 N–H and O–H groups in total. The van der Waals surface area contributed by atoms with Gasteiger partial charge in [-0.15, -0.1) is 0 Å². The molecule has 0 saturated carbocycles. The van der Waals surface area contributed by atoms with Crippen LogP contribution in [0.4, 0.5) is 0 Å². The Morgan fingerprint density at radius 3 is 2.58 bits per heavy atom. The Hall–Kier alpha value is -0.770. The molecule has 0 radical (unpaired) electrons. The molecular formula is C20H32ClNO2. The number of β-amino-alcohol motifs (C(OH)–C–C–N with tert-alkyl or cyclic N) is 1. The van der Waals surface area contributed by atoms with Crippen LogP contribution in [0, 0.1) is 0 Å². The number of benzene rings is 1. The molecule has 0 aromatic heterocycles. The Kier molecular flexibility index (Phi) is 7.86. The Morgan fingerprint density at radius 2 is 1.88 bits per heavy atom. The molecule has 2 rings (SSSR count). The lowest BCUT2D eigenvalue weighted by atomic mass is 9.94. The first-order valence-corrected chi connectivity index (χ1v) is 9.78. The minimum absolute atomic E-state index is 0.625. The molecule has 0 amide bonds. The summed E-state index contributed by atoms with van der Waals surface area (Å²) in [6.45, 7) is 7.52. The summed E-state index contributed by atoms with van der Waals surface area (Å²) in [6.07, 6.45) is 8.48. The molecule has 0 bridgehead atoms. The standard InChI is InChI=1S/C20H32ClNO2/c1-3-4-5-6-9-14-24-19-11-10-17(21)15-18(19)20(2,23)16-22-12-7-8-13-22/h10-11,15,23H,3-9,12-14,16H2,1-2H3. The number of likely N-dealkylation sites (tertiary alicyclic amines) is 1. The first-order chi connectivity index (χ1) is 11.5. The average molecular weight is 354 g/mol. The van der Waals surface area contributed by atoms with Crippen molar-refractivity contribution in [1.29, 1.82) is 0 Å². The van der Waals surface area contributed by atoms with Crippen molar-refractivity contribution < 1.29 is 9.84 Å². The van der Waals surface area contributed by atoms with Gasteiger partial charge in [0, 0.05) is 17.1 Å². The molecule has 1 atom stereocenters. The van der Waals surface area contributed by atoms with E-state index in [1.54, 1.807) is 0 Å². The highest BCUT2D eigenvalue weighted by atomic mass is 35.5. The number of nitrogens with zero attached hydrogens (tertiary/aromatic N) is 1. The van der Waals surface area contributed by atoms with Gasteiger partial charge in [0.1, 0.15) is 11.4 Å². The normalized spacial score (nSPS) is 17.8. The fraction of sp³-hybridized carbons (Fsp3) is 0.700. The first kappa shape index (κ1) is 19.6. The van der Waals surface area contributed by atoms with Crippen molar-refractivity contribution in [2.45, 2.75) is 64.4 Å². The molecule has 24 heavy (non-hydrogen) atoms. The summed E-state index contributed by atoms with van der Waals surface area (Å²) in [4.78, 5) is 2.31. The predicted octanol–water partition coefficient (Wildman–Crippen LogP) is 4.99. The lowest BCUT2D eigenvalue weighted by Gasteiger charge is -2.30. The number of halogens is 1. The highest BCUT2D eigenvalue weighted by molar-refractivity contribution is 6.30. The maximum atomic E-state index is 11.0. The second-order valence-corrected chi connectivity index (χ2v) is 7.60. The molecule has 1 aromatic carbocycles. The topological polar surface area (TPSA) is 32.7 Å². The van der Waals surface area contributed by atoms with Gasteiger partial charge in [-0.05, 0) is 57.5 Å². The zero-order chi connectivity index (χ0) is 17.4. The van der Waals surface area contributed by atoms with Crippen LogP contribution < -0.4 is 4.74 Å². The number of ether oxygens (including phenoxy) is 1. The van der Waals surface area contributed by atoms with Gasteiger partial charge in [0.05, 0.1) is 6.61 Å². The van der Waals surface area contributed by atoms with E-state index in [1.807, 2.05) is 25.1 Å². The van der Waals surface area contributed by atoms with E-state index >= 15 is 0 Å². The van der Waals surface area contributed by atoms with Gasteiger partial charge >= 0.3 is 0 Å². The second kappa shape index (κ2) is 9.65. The molecule has 136 valence electrons. The molecule has 1 heterocycles. The zero-order valence-corrected chi connectivity index (χ0v) is 15.9. The zero-order valence-electron chi connectivity index (χ0n) is 15.2. The molecule has 1 aliphatic rings. The van der Waals surface area contributed by atoms with E-state index < -0.39 is 5.60 Å². The lowest BCUT2D eigenvalue weighted by molar-refractivity contribution is 0.0202. The highest BCUT2D eigenvalue weighted by Gasteiger charge is 2.30. The minimum Gasteiger partial charge on any atom is -0.493 e. The Labute approximate surface area is 152 Å². The van der Waals surface area contributed by atoms with Crippen LogP contribution in [0.5, 0.6) is 5.75 Å². The third-order valence-electron chi connectivity index (χ3n) is 4.76. The fourth-order valence-electron chi connectivity index (χ4n) is 3.40. The summed E-state index contributed by atoms with van der Waals surface area (Å²) in [5.74, 6) is 0.763. The molecule has 1 aromatic rings. The summed E-state index contributed by atoms with van der Waals surface area (Å²) < 4.78 is 5.99. The van der Waals surface area contributed by atoms with Crippen molar-refractivity contribution >= 4 is 11.6 Å². The number of hydrogen-bond acceptors (Lipinski definition) is 3. The Balaban J connectivity index is 1.97. The number of hydrogen-bond donors (Lipinski definition) is 1. The van der Waals surface area contributed by atoms with Crippen molar-refractivity contribution in [2.24, 2.45) is 0 Å². The van der Waals surface area contributed by atoms with E-state index in [4.69, 9.17) is 16.3 Å². The minimum atomic E-state index is -0.952.